The number of benzene rings is 1. The van der Waals surface area contributed by atoms with Crippen molar-refractivity contribution in [2.75, 3.05) is 6.54 Å². The molecule has 96 valence electrons. The SMILES string of the molecule is CC(=O)NCC(O)C(O)c1cc(F)cc(C#N)c1. The molecule has 3 N–H and O–H groups in total. The molecule has 0 saturated heterocycles. The molecule has 2 unspecified atom stereocenters. The highest BCUT2D eigenvalue weighted by Gasteiger charge is 2.19. The van der Waals surface area contributed by atoms with Gasteiger partial charge < -0.3 is 15.5 Å². The van der Waals surface area contributed by atoms with Crippen molar-refractivity contribution in [2.24, 2.45) is 0 Å². The number of carbonyl (C=O) groups excluding carboxylic acids is 1. The second-order valence-electron chi connectivity index (χ2n) is 3.83. The number of amides is 1. The second-order valence-corrected chi connectivity index (χ2v) is 3.83. The molecule has 18 heavy (non-hydrogen) atoms. The summed E-state index contributed by atoms with van der Waals surface area (Å²) in [7, 11) is 0. The number of aliphatic hydroxyl groups excluding tert-OH is 2. The molecule has 0 bridgehead atoms. The predicted octanol–water partition coefficient (Wildman–Crippen LogP) is 0.228. The van der Waals surface area contributed by atoms with Crippen LogP contribution in [0.5, 0.6) is 0 Å². The quantitative estimate of drug-likeness (QED) is 0.715. The first-order valence-corrected chi connectivity index (χ1v) is 5.25. The van der Waals surface area contributed by atoms with Crippen molar-refractivity contribution in [3.8, 4) is 6.07 Å². The van der Waals surface area contributed by atoms with Crippen LogP contribution in [0.25, 0.3) is 0 Å². The summed E-state index contributed by atoms with van der Waals surface area (Å²) in [5.74, 6) is -1.02. The van der Waals surface area contributed by atoms with Gasteiger partial charge in [0.15, 0.2) is 0 Å². The average molecular weight is 252 g/mol. The fourth-order valence-electron chi connectivity index (χ4n) is 1.43. The molecule has 1 aromatic carbocycles. The highest BCUT2D eigenvalue weighted by molar-refractivity contribution is 5.72. The van der Waals surface area contributed by atoms with E-state index in [1.54, 1.807) is 6.07 Å². The van der Waals surface area contributed by atoms with Crippen molar-refractivity contribution in [1.29, 1.82) is 5.26 Å². The van der Waals surface area contributed by atoms with Crippen LogP contribution in [0.3, 0.4) is 0 Å². The van der Waals surface area contributed by atoms with Gasteiger partial charge in [-0.15, -0.1) is 0 Å². The Kier molecular flexibility index (Phi) is 4.77. The van der Waals surface area contributed by atoms with Gasteiger partial charge in [-0.1, -0.05) is 0 Å². The molecule has 0 aliphatic heterocycles. The van der Waals surface area contributed by atoms with Crippen molar-refractivity contribution < 1.29 is 19.4 Å². The predicted molar refractivity (Wildman–Crippen MR) is 60.8 cm³/mol. The van der Waals surface area contributed by atoms with Crippen LogP contribution in [0.15, 0.2) is 18.2 Å². The van der Waals surface area contributed by atoms with Gasteiger partial charge in [-0.05, 0) is 23.8 Å². The normalized spacial score (nSPS) is 13.5. The maximum absolute atomic E-state index is 13.1. The lowest BCUT2D eigenvalue weighted by Gasteiger charge is -2.18. The monoisotopic (exact) mass is 252 g/mol. The fourth-order valence-corrected chi connectivity index (χ4v) is 1.43. The van der Waals surface area contributed by atoms with Crippen LogP contribution in [0.2, 0.25) is 0 Å². The van der Waals surface area contributed by atoms with E-state index in [-0.39, 0.29) is 23.6 Å². The number of nitrogens with zero attached hydrogens (tertiary/aromatic N) is 1. The van der Waals surface area contributed by atoms with Crippen molar-refractivity contribution >= 4 is 5.91 Å². The third-order valence-corrected chi connectivity index (χ3v) is 2.32. The van der Waals surface area contributed by atoms with E-state index in [0.717, 1.165) is 12.1 Å². The zero-order valence-corrected chi connectivity index (χ0v) is 9.72. The van der Waals surface area contributed by atoms with Gasteiger partial charge in [0.1, 0.15) is 18.0 Å². The van der Waals surface area contributed by atoms with E-state index in [1.165, 1.54) is 13.0 Å². The molecular weight excluding hydrogens is 239 g/mol. The number of nitriles is 1. The summed E-state index contributed by atoms with van der Waals surface area (Å²) in [6.07, 6.45) is -2.65. The number of carbonyl (C=O) groups is 1. The topological polar surface area (TPSA) is 93.3 Å². The largest absolute Gasteiger partial charge is 0.388 e. The summed E-state index contributed by atoms with van der Waals surface area (Å²) < 4.78 is 13.1. The Morgan fingerprint density at radius 1 is 1.50 bits per heavy atom. The lowest BCUT2D eigenvalue weighted by atomic mass is 10.0. The number of hydrogen-bond acceptors (Lipinski definition) is 4. The van der Waals surface area contributed by atoms with E-state index in [0.29, 0.717) is 0 Å². The molecular formula is C12H13FN2O3. The van der Waals surface area contributed by atoms with Crippen LogP contribution in [-0.2, 0) is 4.79 Å². The van der Waals surface area contributed by atoms with Gasteiger partial charge in [0.2, 0.25) is 5.91 Å². The Balaban J connectivity index is 2.83. The Hall–Kier alpha value is -1.97. The number of nitrogens with one attached hydrogen (secondary N) is 1. The summed E-state index contributed by atoms with van der Waals surface area (Å²) in [6, 6.07) is 5.09. The number of aliphatic hydroxyl groups is 2. The smallest absolute Gasteiger partial charge is 0.216 e. The highest BCUT2D eigenvalue weighted by atomic mass is 19.1. The van der Waals surface area contributed by atoms with Crippen LogP contribution in [0, 0.1) is 17.1 Å². The lowest BCUT2D eigenvalue weighted by molar-refractivity contribution is -0.119. The second kappa shape index (κ2) is 6.10. The molecule has 0 radical (unpaired) electrons. The minimum Gasteiger partial charge on any atom is -0.388 e. The van der Waals surface area contributed by atoms with Gasteiger partial charge in [0.05, 0.1) is 11.6 Å². The minimum atomic E-state index is -1.38. The maximum atomic E-state index is 13.1. The molecule has 2 atom stereocenters. The van der Waals surface area contributed by atoms with E-state index >= 15 is 0 Å². The first kappa shape index (κ1) is 14.1. The Morgan fingerprint density at radius 3 is 2.72 bits per heavy atom. The fraction of sp³-hybridized carbons (Fsp3) is 0.333. The standard InChI is InChI=1S/C12H13FN2O3/c1-7(16)15-6-11(17)12(18)9-2-8(5-14)3-10(13)4-9/h2-4,11-12,17-18H,6H2,1H3,(H,15,16). The molecule has 1 amide bonds. The van der Waals surface area contributed by atoms with E-state index in [2.05, 4.69) is 5.32 Å². The van der Waals surface area contributed by atoms with Gasteiger partial charge >= 0.3 is 0 Å². The zero-order valence-electron chi connectivity index (χ0n) is 9.72. The molecule has 6 heteroatoms. The van der Waals surface area contributed by atoms with Gasteiger partial charge in [-0.25, -0.2) is 4.39 Å². The van der Waals surface area contributed by atoms with E-state index in [4.69, 9.17) is 5.26 Å². The maximum Gasteiger partial charge on any atom is 0.216 e. The Morgan fingerprint density at radius 2 is 2.17 bits per heavy atom. The van der Waals surface area contributed by atoms with Crippen LogP contribution >= 0.6 is 0 Å². The van der Waals surface area contributed by atoms with Crippen LogP contribution in [0.4, 0.5) is 4.39 Å². The molecule has 0 fully saturated rings. The minimum absolute atomic E-state index is 0.0516. The molecule has 1 rings (SSSR count). The summed E-state index contributed by atoms with van der Waals surface area (Å²) in [5, 5.41) is 30.4. The molecule has 1 aromatic rings. The van der Waals surface area contributed by atoms with Gasteiger partial charge in [-0.2, -0.15) is 5.26 Å². The van der Waals surface area contributed by atoms with E-state index < -0.39 is 18.0 Å². The van der Waals surface area contributed by atoms with Crippen molar-refractivity contribution in [3.63, 3.8) is 0 Å². The molecule has 5 nitrogen and oxygen atoms in total. The number of halogens is 1. The first-order chi connectivity index (χ1) is 8.43. The molecule has 0 saturated carbocycles. The van der Waals surface area contributed by atoms with Gasteiger partial charge in [0.25, 0.3) is 0 Å². The third-order valence-electron chi connectivity index (χ3n) is 2.32. The summed E-state index contributed by atoms with van der Waals surface area (Å²) >= 11 is 0. The lowest BCUT2D eigenvalue weighted by Crippen LogP contribution is -2.34. The molecule has 0 aliphatic rings. The molecule has 0 aromatic heterocycles. The van der Waals surface area contributed by atoms with Crippen LogP contribution in [0.1, 0.15) is 24.2 Å². The average Bonchev–Trinajstić information content (AvgIpc) is 2.34. The Bertz CT molecular complexity index is 485. The van der Waals surface area contributed by atoms with Crippen molar-refractivity contribution in [2.45, 2.75) is 19.1 Å². The summed E-state index contributed by atoms with van der Waals surface area (Å²) in [5.41, 5.74) is 0.139. The number of rotatable bonds is 4. The van der Waals surface area contributed by atoms with Crippen molar-refractivity contribution in [1.82, 2.24) is 5.32 Å². The first-order valence-electron chi connectivity index (χ1n) is 5.25. The Labute approximate surface area is 103 Å². The van der Waals surface area contributed by atoms with E-state index in [1.807, 2.05) is 0 Å². The van der Waals surface area contributed by atoms with Crippen molar-refractivity contribution in [3.05, 3.63) is 35.1 Å². The van der Waals surface area contributed by atoms with Gasteiger partial charge in [-0.3, -0.25) is 4.79 Å². The van der Waals surface area contributed by atoms with Gasteiger partial charge in [0, 0.05) is 13.5 Å². The van der Waals surface area contributed by atoms with Crippen LogP contribution < -0.4 is 5.32 Å². The molecule has 0 heterocycles. The molecule has 0 aliphatic carbocycles. The summed E-state index contributed by atoms with van der Waals surface area (Å²) in [4.78, 5) is 10.7. The highest BCUT2D eigenvalue weighted by Crippen LogP contribution is 2.19. The third kappa shape index (κ3) is 3.80. The molecule has 0 spiro atoms. The van der Waals surface area contributed by atoms with Crippen LogP contribution in [-0.4, -0.2) is 28.8 Å². The van der Waals surface area contributed by atoms with E-state index in [9.17, 15) is 19.4 Å². The zero-order chi connectivity index (χ0) is 13.7. The summed E-state index contributed by atoms with van der Waals surface area (Å²) in [6.45, 7) is 1.12. The number of hydrogen-bond donors (Lipinski definition) is 3.